The van der Waals surface area contributed by atoms with Crippen molar-refractivity contribution in [1.29, 1.82) is 0 Å². The highest BCUT2D eigenvalue weighted by Gasteiger charge is 2.35. The van der Waals surface area contributed by atoms with Gasteiger partial charge in [0.15, 0.2) is 11.5 Å². The molecule has 6 nitrogen and oxygen atoms in total. The molecule has 0 saturated carbocycles. The van der Waals surface area contributed by atoms with Gasteiger partial charge in [0.25, 0.3) is 0 Å². The van der Waals surface area contributed by atoms with Crippen molar-refractivity contribution in [2.75, 3.05) is 27.2 Å². The van der Waals surface area contributed by atoms with Crippen LogP contribution in [0.1, 0.15) is 27.5 Å². The molecule has 0 atom stereocenters. The summed E-state index contributed by atoms with van der Waals surface area (Å²) in [5.41, 5.74) is 0.910. The molecule has 1 aliphatic rings. The summed E-state index contributed by atoms with van der Waals surface area (Å²) in [6.07, 6.45) is -0.0409. The second kappa shape index (κ2) is 6.67. The predicted molar refractivity (Wildman–Crippen MR) is 91.1 cm³/mol. The lowest BCUT2D eigenvalue weighted by Gasteiger charge is -2.10. The van der Waals surface area contributed by atoms with Crippen LogP contribution in [0.25, 0.3) is 11.5 Å². The first-order chi connectivity index (χ1) is 11.5. The van der Waals surface area contributed by atoms with E-state index < -0.39 is 0 Å². The summed E-state index contributed by atoms with van der Waals surface area (Å²) in [7, 11) is 3.83. The number of hydrogen-bond acceptors (Lipinski definition) is 6. The molecule has 124 valence electrons. The Kier molecular flexibility index (Phi) is 4.59. The van der Waals surface area contributed by atoms with E-state index in [0.717, 1.165) is 0 Å². The zero-order valence-electron chi connectivity index (χ0n) is 13.4. The van der Waals surface area contributed by atoms with Gasteiger partial charge in [-0.25, -0.2) is 4.98 Å². The number of rotatable bonds is 4. The van der Waals surface area contributed by atoms with Crippen LogP contribution < -0.4 is 0 Å². The normalized spacial score (nSPS) is 16.1. The SMILES string of the molecule is CN(C)CCN=C1CC(=O)c2nc(-c3cccc(Cl)c3)oc2C1=O. The van der Waals surface area contributed by atoms with E-state index in [0.29, 0.717) is 23.7 Å². The molecule has 0 radical (unpaired) electrons. The van der Waals surface area contributed by atoms with Crippen LogP contribution in [0, 0.1) is 0 Å². The van der Waals surface area contributed by atoms with Crippen molar-refractivity contribution in [3.8, 4) is 11.5 Å². The van der Waals surface area contributed by atoms with Gasteiger partial charge >= 0.3 is 0 Å². The fraction of sp³-hybridized carbons (Fsp3) is 0.294. The predicted octanol–water partition coefficient (Wildman–Crippen LogP) is 2.77. The third-order valence-corrected chi connectivity index (χ3v) is 3.84. The van der Waals surface area contributed by atoms with E-state index in [2.05, 4.69) is 9.98 Å². The quantitative estimate of drug-likeness (QED) is 0.851. The monoisotopic (exact) mass is 345 g/mol. The van der Waals surface area contributed by atoms with E-state index >= 15 is 0 Å². The lowest BCUT2D eigenvalue weighted by atomic mass is 9.97. The van der Waals surface area contributed by atoms with E-state index in [1.54, 1.807) is 24.3 Å². The molecule has 0 aliphatic heterocycles. The highest BCUT2D eigenvalue weighted by atomic mass is 35.5. The highest BCUT2D eigenvalue weighted by Crippen LogP contribution is 2.28. The standard InChI is InChI=1S/C17H16ClN3O3/c1-21(2)7-6-19-12-9-13(22)14-16(15(12)23)24-17(20-14)10-4-3-5-11(18)8-10/h3-5,8H,6-7,9H2,1-2H3. The maximum Gasteiger partial charge on any atom is 0.244 e. The van der Waals surface area contributed by atoms with E-state index in [1.165, 1.54) is 0 Å². The summed E-state index contributed by atoms with van der Waals surface area (Å²) < 4.78 is 5.56. The molecular weight excluding hydrogens is 330 g/mol. The van der Waals surface area contributed by atoms with Crippen molar-refractivity contribution < 1.29 is 14.0 Å². The fourth-order valence-electron chi connectivity index (χ4n) is 2.37. The molecule has 3 rings (SSSR count). The number of aromatic nitrogens is 1. The Balaban J connectivity index is 1.93. The molecule has 2 aromatic rings. The van der Waals surface area contributed by atoms with Crippen LogP contribution in [-0.4, -0.2) is 54.3 Å². The number of Topliss-reactive ketones (excluding diaryl/α,β-unsaturated/α-hetero) is 2. The van der Waals surface area contributed by atoms with Crippen molar-refractivity contribution >= 4 is 28.9 Å². The Hall–Kier alpha value is -2.31. The first-order valence-electron chi connectivity index (χ1n) is 7.48. The molecule has 1 aromatic heterocycles. The van der Waals surface area contributed by atoms with Crippen molar-refractivity contribution in [1.82, 2.24) is 9.88 Å². The van der Waals surface area contributed by atoms with Gasteiger partial charge < -0.3 is 9.32 Å². The maximum absolute atomic E-state index is 12.5. The molecule has 1 aliphatic carbocycles. The molecule has 0 unspecified atom stereocenters. The summed E-state index contributed by atoms with van der Waals surface area (Å²) >= 11 is 5.96. The number of benzene rings is 1. The number of hydrogen-bond donors (Lipinski definition) is 0. The van der Waals surface area contributed by atoms with Gasteiger partial charge in [-0.1, -0.05) is 17.7 Å². The lowest BCUT2D eigenvalue weighted by Crippen LogP contribution is -2.27. The zero-order valence-corrected chi connectivity index (χ0v) is 14.1. The van der Waals surface area contributed by atoms with Crippen LogP contribution in [0.5, 0.6) is 0 Å². The Morgan fingerprint density at radius 2 is 2.12 bits per heavy atom. The van der Waals surface area contributed by atoms with Crippen LogP contribution in [0.15, 0.2) is 33.7 Å². The number of oxazole rings is 1. The highest BCUT2D eigenvalue weighted by molar-refractivity contribution is 6.51. The number of carbonyl (C=O) groups is 2. The smallest absolute Gasteiger partial charge is 0.244 e. The average Bonchev–Trinajstić information content (AvgIpc) is 2.98. The van der Waals surface area contributed by atoms with Crippen LogP contribution in [-0.2, 0) is 0 Å². The summed E-state index contributed by atoms with van der Waals surface area (Å²) in [6.45, 7) is 1.15. The fourth-order valence-corrected chi connectivity index (χ4v) is 2.56. The second-order valence-corrected chi connectivity index (χ2v) is 6.20. The van der Waals surface area contributed by atoms with Gasteiger partial charge in [0, 0.05) is 17.1 Å². The van der Waals surface area contributed by atoms with Crippen molar-refractivity contribution in [2.24, 2.45) is 4.99 Å². The lowest BCUT2D eigenvalue weighted by molar-refractivity contribution is 0.0949. The number of halogens is 1. The number of fused-ring (bicyclic) bond motifs is 1. The Bertz CT molecular complexity index is 839. The molecule has 0 amide bonds. The van der Waals surface area contributed by atoms with Crippen molar-refractivity contribution in [2.45, 2.75) is 6.42 Å². The molecule has 0 fully saturated rings. The molecule has 0 N–H and O–H groups in total. The van der Waals surface area contributed by atoms with E-state index in [-0.39, 0.29) is 41.0 Å². The maximum atomic E-state index is 12.5. The second-order valence-electron chi connectivity index (χ2n) is 5.77. The molecule has 0 saturated heterocycles. The van der Waals surface area contributed by atoms with E-state index in [4.69, 9.17) is 16.0 Å². The Morgan fingerprint density at radius 1 is 1.33 bits per heavy atom. The van der Waals surface area contributed by atoms with E-state index in [9.17, 15) is 9.59 Å². The molecule has 1 heterocycles. The molecule has 1 aromatic carbocycles. The molecular formula is C17H16ClN3O3. The number of likely N-dealkylation sites (N-methyl/N-ethyl adjacent to an activating group) is 1. The summed E-state index contributed by atoms with van der Waals surface area (Å²) in [4.78, 5) is 35.1. The molecule has 24 heavy (non-hydrogen) atoms. The van der Waals surface area contributed by atoms with Gasteiger partial charge in [0.05, 0.1) is 18.7 Å². The zero-order chi connectivity index (χ0) is 17.3. The summed E-state index contributed by atoms with van der Waals surface area (Å²) in [5, 5.41) is 0.521. The average molecular weight is 346 g/mol. The topological polar surface area (TPSA) is 75.8 Å². The Morgan fingerprint density at radius 3 is 2.83 bits per heavy atom. The summed E-state index contributed by atoms with van der Waals surface area (Å²) in [5.74, 6) is -0.460. The van der Waals surface area contributed by atoms with Gasteiger partial charge in [0.2, 0.25) is 17.4 Å². The van der Waals surface area contributed by atoms with Crippen molar-refractivity contribution in [3.63, 3.8) is 0 Å². The first-order valence-corrected chi connectivity index (χ1v) is 7.86. The number of carbonyl (C=O) groups excluding carboxylic acids is 2. The van der Waals surface area contributed by atoms with Gasteiger partial charge in [0.1, 0.15) is 0 Å². The Labute approximate surface area is 144 Å². The van der Waals surface area contributed by atoms with Gasteiger partial charge in [-0.15, -0.1) is 0 Å². The molecule has 7 heteroatoms. The largest absolute Gasteiger partial charge is 0.432 e. The van der Waals surface area contributed by atoms with Crippen LogP contribution in [0.3, 0.4) is 0 Å². The van der Waals surface area contributed by atoms with Gasteiger partial charge in [-0.2, -0.15) is 0 Å². The first kappa shape index (κ1) is 16.5. The van der Waals surface area contributed by atoms with Gasteiger partial charge in [-0.3, -0.25) is 14.6 Å². The third kappa shape index (κ3) is 3.29. The van der Waals surface area contributed by atoms with E-state index in [1.807, 2.05) is 19.0 Å². The van der Waals surface area contributed by atoms with Crippen molar-refractivity contribution in [3.05, 3.63) is 40.7 Å². The summed E-state index contributed by atoms with van der Waals surface area (Å²) in [6, 6.07) is 6.89. The van der Waals surface area contributed by atoms with Crippen LogP contribution >= 0.6 is 11.6 Å². The minimum Gasteiger partial charge on any atom is -0.432 e. The van der Waals surface area contributed by atoms with Gasteiger partial charge in [-0.05, 0) is 32.3 Å². The van der Waals surface area contributed by atoms with Crippen LogP contribution in [0.4, 0.5) is 0 Å². The number of nitrogens with zero attached hydrogens (tertiary/aromatic N) is 3. The minimum atomic E-state index is -0.371. The van der Waals surface area contributed by atoms with Crippen LogP contribution in [0.2, 0.25) is 5.02 Å². The molecule has 0 bridgehead atoms. The number of aliphatic imine (C=N–C) groups is 1. The third-order valence-electron chi connectivity index (χ3n) is 3.61. The molecule has 0 spiro atoms. The minimum absolute atomic E-state index is 0.0372. The number of ketones is 2.